The Morgan fingerprint density at radius 3 is 2.85 bits per heavy atom. The fourth-order valence-electron chi connectivity index (χ4n) is 3.65. The Bertz CT molecular complexity index is 834. The van der Waals surface area contributed by atoms with Crippen molar-refractivity contribution in [3.05, 3.63) is 12.7 Å². The number of terminal acetylenes is 1. The first-order valence-electron chi connectivity index (χ1n) is 8.57. The van der Waals surface area contributed by atoms with Gasteiger partial charge in [-0.1, -0.05) is 5.92 Å². The first-order chi connectivity index (χ1) is 12.6. The van der Waals surface area contributed by atoms with Crippen molar-refractivity contribution in [1.29, 1.82) is 0 Å². The summed E-state index contributed by atoms with van der Waals surface area (Å²) < 4.78 is 12.6. The zero-order valence-electron chi connectivity index (χ0n) is 14.3. The second kappa shape index (κ2) is 6.81. The molecule has 26 heavy (non-hydrogen) atoms. The second-order valence-electron chi connectivity index (χ2n) is 6.65. The van der Waals surface area contributed by atoms with Gasteiger partial charge >= 0.3 is 0 Å². The SMILES string of the molecule is C#CC1O[C@@H](n2cnc3c(NC4CCC(OC)C4)ncnc32)[C@H](O)[C@H]1O. The average Bonchev–Trinajstić information content (AvgIpc) is 3.35. The first-order valence-corrected chi connectivity index (χ1v) is 8.57. The third-order valence-corrected chi connectivity index (χ3v) is 5.09. The Morgan fingerprint density at radius 1 is 1.31 bits per heavy atom. The Kier molecular flexibility index (Phi) is 4.50. The molecule has 6 atom stereocenters. The summed E-state index contributed by atoms with van der Waals surface area (Å²) in [5.41, 5.74) is 1.07. The van der Waals surface area contributed by atoms with Gasteiger partial charge in [0.15, 0.2) is 23.2 Å². The molecule has 1 aliphatic heterocycles. The van der Waals surface area contributed by atoms with E-state index in [0.29, 0.717) is 17.0 Å². The van der Waals surface area contributed by atoms with Gasteiger partial charge in [0.1, 0.15) is 24.6 Å². The molecule has 0 amide bonds. The quantitative estimate of drug-likeness (QED) is 0.657. The Balaban J connectivity index is 1.61. The molecule has 3 N–H and O–H groups in total. The van der Waals surface area contributed by atoms with Gasteiger partial charge in [-0.05, 0) is 19.3 Å². The van der Waals surface area contributed by atoms with Gasteiger partial charge in [0.2, 0.25) is 0 Å². The number of aliphatic hydroxyl groups excluding tert-OH is 2. The van der Waals surface area contributed by atoms with E-state index in [4.69, 9.17) is 15.9 Å². The number of hydrogen-bond acceptors (Lipinski definition) is 8. The Morgan fingerprint density at radius 2 is 2.15 bits per heavy atom. The van der Waals surface area contributed by atoms with Crippen LogP contribution < -0.4 is 5.32 Å². The summed E-state index contributed by atoms with van der Waals surface area (Å²) in [6.07, 6.45) is 7.37. The molecule has 1 saturated carbocycles. The number of methoxy groups -OCH3 is 1. The van der Waals surface area contributed by atoms with Crippen LogP contribution in [0.15, 0.2) is 12.7 Å². The number of ether oxygens (including phenoxy) is 2. The number of aliphatic hydroxyl groups is 2. The van der Waals surface area contributed by atoms with Crippen LogP contribution in [0.3, 0.4) is 0 Å². The molecule has 0 aromatic carbocycles. The average molecular weight is 359 g/mol. The zero-order valence-corrected chi connectivity index (χ0v) is 14.3. The van der Waals surface area contributed by atoms with E-state index in [0.717, 1.165) is 19.3 Å². The molecule has 138 valence electrons. The number of imidazole rings is 1. The second-order valence-corrected chi connectivity index (χ2v) is 6.65. The van der Waals surface area contributed by atoms with Crippen molar-refractivity contribution >= 4 is 17.0 Å². The molecular formula is C17H21N5O4. The lowest BCUT2D eigenvalue weighted by Gasteiger charge is -2.17. The van der Waals surface area contributed by atoms with E-state index in [1.54, 1.807) is 11.7 Å². The molecule has 9 nitrogen and oxygen atoms in total. The highest BCUT2D eigenvalue weighted by Crippen LogP contribution is 2.32. The molecule has 1 aliphatic carbocycles. The third-order valence-electron chi connectivity index (χ3n) is 5.09. The van der Waals surface area contributed by atoms with Crippen LogP contribution in [-0.2, 0) is 9.47 Å². The highest BCUT2D eigenvalue weighted by Gasteiger charge is 2.43. The fraction of sp³-hybridized carbons (Fsp3) is 0.588. The largest absolute Gasteiger partial charge is 0.386 e. The van der Waals surface area contributed by atoms with E-state index in [1.807, 2.05) is 0 Å². The van der Waals surface area contributed by atoms with Gasteiger partial charge in [-0.15, -0.1) is 6.42 Å². The number of rotatable bonds is 4. The highest BCUT2D eigenvalue weighted by molar-refractivity contribution is 5.82. The minimum Gasteiger partial charge on any atom is -0.386 e. The molecule has 2 aliphatic rings. The molecule has 1 saturated heterocycles. The first kappa shape index (κ1) is 17.2. The standard InChI is InChI=1S/C17H21N5O4/c1-3-11-13(23)14(24)17(26-11)22-8-20-12-15(18-7-19-16(12)22)21-9-4-5-10(6-9)25-2/h1,7-11,13-14,17,23-24H,4-6H2,2H3,(H,18,19,21)/t9?,10?,11?,13-,14+,17+/m0/s1. The maximum absolute atomic E-state index is 10.3. The van der Waals surface area contributed by atoms with Gasteiger partial charge < -0.3 is 25.0 Å². The van der Waals surface area contributed by atoms with E-state index >= 15 is 0 Å². The molecule has 3 unspecified atom stereocenters. The van der Waals surface area contributed by atoms with Gasteiger partial charge in [-0.2, -0.15) is 0 Å². The molecule has 2 aromatic rings. The molecule has 0 radical (unpaired) electrons. The fourth-order valence-corrected chi connectivity index (χ4v) is 3.65. The van der Waals surface area contributed by atoms with Crippen molar-refractivity contribution in [3.63, 3.8) is 0 Å². The number of nitrogens with one attached hydrogen (secondary N) is 1. The van der Waals surface area contributed by atoms with E-state index in [-0.39, 0.29) is 12.1 Å². The van der Waals surface area contributed by atoms with Crippen molar-refractivity contribution in [2.45, 2.75) is 55.9 Å². The summed E-state index contributed by atoms with van der Waals surface area (Å²) in [4.78, 5) is 12.9. The summed E-state index contributed by atoms with van der Waals surface area (Å²) >= 11 is 0. The molecule has 4 rings (SSSR count). The minimum absolute atomic E-state index is 0.254. The van der Waals surface area contributed by atoms with Crippen LogP contribution in [0.2, 0.25) is 0 Å². The van der Waals surface area contributed by atoms with Crippen LogP contribution in [0, 0.1) is 12.3 Å². The van der Waals surface area contributed by atoms with Crippen molar-refractivity contribution < 1.29 is 19.7 Å². The summed E-state index contributed by atoms with van der Waals surface area (Å²) in [5, 5.41) is 23.6. The molecule has 0 spiro atoms. The molecule has 3 heterocycles. The van der Waals surface area contributed by atoms with Crippen LogP contribution >= 0.6 is 0 Å². The molecule has 2 aromatic heterocycles. The topological polar surface area (TPSA) is 115 Å². The Hall–Kier alpha value is -2.25. The van der Waals surface area contributed by atoms with Crippen molar-refractivity contribution in [2.24, 2.45) is 0 Å². The van der Waals surface area contributed by atoms with Gasteiger partial charge in [0.25, 0.3) is 0 Å². The maximum Gasteiger partial charge on any atom is 0.167 e. The van der Waals surface area contributed by atoms with Crippen LogP contribution in [0.4, 0.5) is 5.82 Å². The summed E-state index contributed by atoms with van der Waals surface area (Å²) in [7, 11) is 1.72. The summed E-state index contributed by atoms with van der Waals surface area (Å²) in [5.74, 6) is 2.95. The number of anilines is 1. The van der Waals surface area contributed by atoms with Gasteiger partial charge in [0, 0.05) is 13.2 Å². The number of aromatic nitrogens is 4. The molecule has 0 bridgehead atoms. The maximum atomic E-state index is 10.3. The lowest BCUT2D eigenvalue weighted by molar-refractivity contribution is -0.0230. The predicted molar refractivity (Wildman–Crippen MR) is 92.1 cm³/mol. The smallest absolute Gasteiger partial charge is 0.167 e. The number of hydrogen-bond donors (Lipinski definition) is 3. The van der Waals surface area contributed by atoms with E-state index in [9.17, 15) is 10.2 Å². The monoisotopic (exact) mass is 359 g/mol. The minimum atomic E-state index is -1.17. The predicted octanol–water partition coefficient (Wildman–Crippen LogP) is 0.0581. The van der Waals surface area contributed by atoms with Crippen molar-refractivity contribution in [3.8, 4) is 12.3 Å². The van der Waals surface area contributed by atoms with E-state index < -0.39 is 24.5 Å². The van der Waals surface area contributed by atoms with Gasteiger partial charge in [-0.3, -0.25) is 4.57 Å². The highest BCUT2D eigenvalue weighted by atomic mass is 16.6. The Labute approximate surface area is 150 Å². The normalized spacial score (nSPS) is 34.2. The molecular weight excluding hydrogens is 338 g/mol. The van der Waals surface area contributed by atoms with Crippen molar-refractivity contribution in [1.82, 2.24) is 19.5 Å². The molecule has 2 fully saturated rings. The zero-order chi connectivity index (χ0) is 18.3. The van der Waals surface area contributed by atoms with Crippen LogP contribution in [0.1, 0.15) is 25.5 Å². The number of fused-ring (bicyclic) bond motifs is 1. The molecule has 9 heteroatoms. The third kappa shape index (κ3) is 2.81. The van der Waals surface area contributed by atoms with Crippen molar-refractivity contribution in [2.75, 3.05) is 12.4 Å². The van der Waals surface area contributed by atoms with Gasteiger partial charge in [-0.25, -0.2) is 15.0 Å². The van der Waals surface area contributed by atoms with E-state index in [1.165, 1.54) is 12.7 Å². The van der Waals surface area contributed by atoms with Gasteiger partial charge in [0.05, 0.1) is 12.4 Å². The summed E-state index contributed by atoms with van der Waals surface area (Å²) in [6.45, 7) is 0. The van der Waals surface area contributed by atoms with Crippen LogP contribution in [0.25, 0.3) is 11.2 Å². The lowest BCUT2D eigenvalue weighted by Crippen LogP contribution is -2.30. The lowest BCUT2D eigenvalue weighted by atomic mass is 10.1. The summed E-state index contributed by atoms with van der Waals surface area (Å²) in [6, 6.07) is 0.254. The van der Waals surface area contributed by atoms with E-state index in [2.05, 4.69) is 26.2 Å². The van der Waals surface area contributed by atoms with Crippen LogP contribution in [0.5, 0.6) is 0 Å². The van der Waals surface area contributed by atoms with Crippen LogP contribution in [-0.4, -0.2) is 67.3 Å². The number of nitrogens with zero attached hydrogens (tertiary/aromatic N) is 4.